The lowest BCUT2D eigenvalue weighted by Gasteiger charge is -2.04. The molecule has 4 heteroatoms. The summed E-state index contributed by atoms with van der Waals surface area (Å²) in [7, 11) is 3.30. The van der Waals surface area contributed by atoms with Crippen LogP contribution in [-0.4, -0.2) is 19.2 Å². The maximum absolute atomic E-state index is 5.13. The van der Waals surface area contributed by atoms with E-state index in [9.17, 15) is 0 Å². The molecule has 94 valence electrons. The van der Waals surface area contributed by atoms with Gasteiger partial charge in [0.15, 0.2) is 0 Å². The molecule has 0 unspecified atom stereocenters. The lowest BCUT2D eigenvalue weighted by atomic mass is 10.2. The fourth-order valence-corrected chi connectivity index (χ4v) is 2.31. The Morgan fingerprint density at radius 1 is 1.00 bits per heavy atom. The molecule has 3 nitrogen and oxygen atoms in total. The Balaban J connectivity index is 1.97. The number of pyridine rings is 1. The van der Waals surface area contributed by atoms with Crippen LogP contribution in [0.3, 0.4) is 0 Å². The number of methoxy groups -OCH3 is 2. The van der Waals surface area contributed by atoms with E-state index in [0.29, 0.717) is 5.88 Å². The lowest BCUT2D eigenvalue weighted by molar-refractivity contribution is 0.394. The SMILES string of the molecule is COc1ccc(CSc2cccc(OC)n2)cc1. The van der Waals surface area contributed by atoms with Crippen molar-refractivity contribution in [3.8, 4) is 11.6 Å². The molecule has 0 bridgehead atoms. The van der Waals surface area contributed by atoms with Crippen LogP contribution in [-0.2, 0) is 5.75 Å². The average Bonchev–Trinajstić information content (AvgIpc) is 2.46. The zero-order valence-electron chi connectivity index (χ0n) is 10.4. The van der Waals surface area contributed by atoms with Crippen molar-refractivity contribution in [3.05, 3.63) is 48.0 Å². The summed E-state index contributed by atoms with van der Waals surface area (Å²) in [6.45, 7) is 0. The van der Waals surface area contributed by atoms with Gasteiger partial charge in [0.1, 0.15) is 10.8 Å². The Kier molecular flexibility index (Phi) is 4.47. The molecule has 1 aromatic carbocycles. The van der Waals surface area contributed by atoms with Gasteiger partial charge < -0.3 is 9.47 Å². The average molecular weight is 261 g/mol. The Morgan fingerprint density at radius 3 is 2.44 bits per heavy atom. The van der Waals surface area contributed by atoms with E-state index >= 15 is 0 Å². The van der Waals surface area contributed by atoms with Crippen molar-refractivity contribution >= 4 is 11.8 Å². The Morgan fingerprint density at radius 2 is 1.78 bits per heavy atom. The normalized spacial score (nSPS) is 10.1. The highest BCUT2D eigenvalue weighted by Crippen LogP contribution is 2.23. The third kappa shape index (κ3) is 3.40. The van der Waals surface area contributed by atoms with Crippen molar-refractivity contribution in [1.29, 1.82) is 0 Å². The van der Waals surface area contributed by atoms with Crippen LogP contribution in [0.1, 0.15) is 5.56 Å². The zero-order chi connectivity index (χ0) is 12.8. The summed E-state index contributed by atoms with van der Waals surface area (Å²) in [6, 6.07) is 13.8. The molecule has 0 N–H and O–H groups in total. The molecule has 1 heterocycles. The van der Waals surface area contributed by atoms with Gasteiger partial charge in [-0.25, -0.2) is 4.98 Å². The first-order valence-electron chi connectivity index (χ1n) is 5.58. The number of hydrogen-bond donors (Lipinski definition) is 0. The monoisotopic (exact) mass is 261 g/mol. The fourth-order valence-electron chi connectivity index (χ4n) is 1.47. The summed E-state index contributed by atoms with van der Waals surface area (Å²) < 4.78 is 10.2. The standard InChI is InChI=1S/C14H15NO2S/c1-16-12-8-6-11(7-9-12)10-18-14-5-3-4-13(15-14)17-2/h3-9H,10H2,1-2H3. The Labute approximate surface area is 111 Å². The molecule has 0 amide bonds. The molecule has 0 atom stereocenters. The minimum absolute atomic E-state index is 0.648. The molecule has 2 rings (SSSR count). The highest BCUT2D eigenvalue weighted by Gasteiger charge is 2.00. The van der Waals surface area contributed by atoms with Crippen LogP contribution in [0.4, 0.5) is 0 Å². The molecule has 0 aliphatic carbocycles. The third-order valence-corrected chi connectivity index (χ3v) is 3.45. The highest BCUT2D eigenvalue weighted by molar-refractivity contribution is 7.98. The number of rotatable bonds is 5. The third-order valence-electron chi connectivity index (χ3n) is 2.45. The minimum Gasteiger partial charge on any atom is -0.497 e. The second-order valence-electron chi connectivity index (χ2n) is 3.65. The number of hydrogen-bond acceptors (Lipinski definition) is 4. The van der Waals surface area contributed by atoms with Gasteiger partial charge in [0.25, 0.3) is 0 Å². The molecule has 0 aliphatic heterocycles. The second-order valence-corrected chi connectivity index (χ2v) is 4.65. The van der Waals surface area contributed by atoms with E-state index in [1.165, 1.54) is 5.56 Å². The smallest absolute Gasteiger partial charge is 0.213 e. The van der Waals surface area contributed by atoms with E-state index in [-0.39, 0.29) is 0 Å². The summed E-state index contributed by atoms with van der Waals surface area (Å²) in [4.78, 5) is 4.36. The molecule has 0 radical (unpaired) electrons. The number of thioether (sulfide) groups is 1. The van der Waals surface area contributed by atoms with Gasteiger partial charge >= 0.3 is 0 Å². The maximum atomic E-state index is 5.13. The first-order valence-corrected chi connectivity index (χ1v) is 6.57. The summed E-state index contributed by atoms with van der Waals surface area (Å²) in [5.74, 6) is 2.41. The molecule has 1 aromatic heterocycles. The Hall–Kier alpha value is -1.68. The van der Waals surface area contributed by atoms with Gasteiger partial charge in [-0.2, -0.15) is 0 Å². The number of ether oxygens (including phenoxy) is 2. The summed E-state index contributed by atoms with van der Waals surface area (Å²) >= 11 is 1.68. The van der Waals surface area contributed by atoms with Crippen LogP contribution in [0.2, 0.25) is 0 Å². The van der Waals surface area contributed by atoms with E-state index in [1.807, 2.05) is 30.3 Å². The van der Waals surface area contributed by atoms with Crippen LogP contribution < -0.4 is 9.47 Å². The van der Waals surface area contributed by atoms with Gasteiger partial charge in [-0.1, -0.05) is 18.2 Å². The van der Waals surface area contributed by atoms with Crippen molar-refractivity contribution in [2.45, 2.75) is 10.8 Å². The van der Waals surface area contributed by atoms with Crippen LogP contribution >= 0.6 is 11.8 Å². The number of aromatic nitrogens is 1. The van der Waals surface area contributed by atoms with Crippen LogP contribution in [0, 0.1) is 0 Å². The van der Waals surface area contributed by atoms with Crippen LogP contribution in [0.5, 0.6) is 11.6 Å². The maximum Gasteiger partial charge on any atom is 0.213 e. The highest BCUT2D eigenvalue weighted by atomic mass is 32.2. The van der Waals surface area contributed by atoms with Crippen LogP contribution in [0.15, 0.2) is 47.5 Å². The van der Waals surface area contributed by atoms with Crippen LogP contribution in [0.25, 0.3) is 0 Å². The van der Waals surface area contributed by atoms with Gasteiger partial charge in [0.2, 0.25) is 5.88 Å². The van der Waals surface area contributed by atoms with Gasteiger partial charge in [-0.15, -0.1) is 11.8 Å². The van der Waals surface area contributed by atoms with Gasteiger partial charge in [-0.05, 0) is 23.8 Å². The van der Waals surface area contributed by atoms with E-state index in [2.05, 4.69) is 17.1 Å². The summed E-state index contributed by atoms with van der Waals surface area (Å²) in [5.41, 5.74) is 1.24. The predicted octanol–water partition coefficient (Wildman–Crippen LogP) is 3.39. The van der Waals surface area contributed by atoms with Crippen molar-refractivity contribution < 1.29 is 9.47 Å². The van der Waals surface area contributed by atoms with Crippen molar-refractivity contribution in [1.82, 2.24) is 4.98 Å². The molecular weight excluding hydrogens is 246 g/mol. The van der Waals surface area contributed by atoms with Gasteiger partial charge in [0, 0.05) is 11.8 Å². The molecule has 0 aliphatic rings. The second kappa shape index (κ2) is 6.31. The summed E-state index contributed by atoms with van der Waals surface area (Å²) in [5, 5.41) is 0.963. The van der Waals surface area contributed by atoms with Crippen molar-refractivity contribution in [2.24, 2.45) is 0 Å². The van der Waals surface area contributed by atoms with E-state index in [0.717, 1.165) is 16.5 Å². The number of nitrogens with zero attached hydrogens (tertiary/aromatic N) is 1. The minimum atomic E-state index is 0.648. The van der Waals surface area contributed by atoms with Gasteiger partial charge in [-0.3, -0.25) is 0 Å². The molecular formula is C14H15NO2S. The first kappa shape index (κ1) is 12.8. The summed E-state index contributed by atoms with van der Waals surface area (Å²) in [6.07, 6.45) is 0. The largest absolute Gasteiger partial charge is 0.497 e. The lowest BCUT2D eigenvalue weighted by Crippen LogP contribution is -1.89. The van der Waals surface area contributed by atoms with Crippen molar-refractivity contribution in [2.75, 3.05) is 14.2 Å². The quantitative estimate of drug-likeness (QED) is 0.772. The molecule has 0 spiro atoms. The van der Waals surface area contributed by atoms with E-state index in [1.54, 1.807) is 26.0 Å². The zero-order valence-corrected chi connectivity index (χ0v) is 11.2. The molecule has 18 heavy (non-hydrogen) atoms. The number of benzene rings is 1. The molecule has 0 saturated heterocycles. The van der Waals surface area contributed by atoms with E-state index < -0.39 is 0 Å². The Bertz CT molecular complexity index is 499. The molecule has 0 saturated carbocycles. The predicted molar refractivity (Wildman–Crippen MR) is 73.3 cm³/mol. The fraction of sp³-hybridized carbons (Fsp3) is 0.214. The van der Waals surface area contributed by atoms with E-state index in [4.69, 9.17) is 9.47 Å². The molecule has 0 fully saturated rings. The molecule has 2 aromatic rings. The first-order chi connectivity index (χ1) is 8.81. The van der Waals surface area contributed by atoms with Gasteiger partial charge in [0.05, 0.1) is 14.2 Å². The van der Waals surface area contributed by atoms with Crippen molar-refractivity contribution in [3.63, 3.8) is 0 Å². The topological polar surface area (TPSA) is 31.4 Å².